The molecule has 0 fully saturated rings. The van der Waals surface area contributed by atoms with Crippen LogP contribution in [0.3, 0.4) is 0 Å². The second kappa shape index (κ2) is 6.18. The fourth-order valence-electron chi connectivity index (χ4n) is 2.95. The largest absolute Gasteiger partial charge is 0.619 e. The molecule has 0 saturated heterocycles. The van der Waals surface area contributed by atoms with Crippen LogP contribution in [0.15, 0.2) is 42.7 Å². The molecular weight excluding hydrogens is 276 g/mol. The molecule has 114 valence electrons. The lowest BCUT2D eigenvalue weighted by Crippen LogP contribution is -2.29. The van der Waals surface area contributed by atoms with Crippen LogP contribution in [-0.4, -0.2) is 5.91 Å². The van der Waals surface area contributed by atoms with Gasteiger partial charge in [0.1, 0.15) is 0 Å². The Balaban J connectivity index is 1.72. The van der Waals surface area contributed by atoms with Crippen molar-refractivity contribution < 1.29 is 9.52 Å². The van der Waals surface area contributed by atoms with E-state index in [-0.39, 0.29) is 11.9 Å². The normalized spacial score (nSPS) is 15.0. The summed E-state index contributed by atoms with van der Waals surface area (Å²) in [6, 6.07) is 9.51. The molecule has 1 unspecified atom stereocenters. The molecule has 0 radical (unpaired) electrons. The summed E-state index contributed by atoms with van der Waals surface area (Å²) in [4.78, 5) is 12.2. The van der Waals surface area contributed by atoms with Gasteiger partial charge in [-0.25, -0.2) is 0 Å². The van der Waals surface area contributed by atoms with E-state index in [2.05, 4.69) is 23.5 Å². The minimum absolute atomic E-state index is 0.0562. The van der Waals surface area contributed by atoms with Crippen molar-refractivity contribution in [2.45, 2.75) is 38.6 Å². The molecule has 4 heteroatoms. The first-order valence-corrected chi connectivity index (χ1v) is 7.75. The fraction of sp³-hybridized carbons (Fsp3) is 0.333. The minimum Gasteiger partial charge on any atom is -0.619 e. The maximum atomic E-state index is 12.2. The van der Waals surface area contributed by atoms with Gasteiger partial charge in [0.25, 0.3) is 5.91 Å². The second-order valence-corrected chi connectivity index (χ2v) is 5.88. The summed E-state index contributed by atoms with van der Waals surface area (Å²) in [5.74, 6) is -0.161. The molecule has 0 aliphatic heterocycles. The summed E-state index contributed by atoms with van der Waals surface area (Å²) >= 11 is 0. The van der Waals surface area contributed by atoms with Crippen LogP contribution in [0.5, 0.6) is 0 Å². The molecule has 3 rings (SSSR count). The Labute approximate surface area is 130 Å². The monoisotopic (exact) mass is 296 g/mol. The number of nitrogens with one attached hydrogen (secondary N) is 1. The molecule has 4 nitrogen and oxygen atoms in total. The Morgan fingerprint density at radius 2 is 1.82 bits per heavy atom. The Hall–Kier alpha value is -2.36. The summed E-state index contributed by atoms with van der Waals surface area (Å²) in [6.45, 7) is 1.99. The highest BCUT2D eigenvalue weighted by Crippen LogP contribution is 2.24. The van der Waals surface area contributed by atoms with E-state index in [1.54, 1.807) is 0 Å². The molecule has 0 bridgehead atoms. The van der Waals surface area contributed by atoms with Gasteiger partial charge in [-0.3, -0.25) is 4.79 Å². The summed E-state index contributed by atoms with van der Waals surface area (Å²) in [5.41, 5.74) is 4.48. The number of pyridine rings is 1. The van der Waals surface area contributed by atoms with E-state index < -0.39 is 0 Å². The highest BCUT2D eigenvalue weighted by atomic mass is 16.5. The standard InChI is InChI=1S/C18H20N2O2/c1-13(19-18(21)15-8-10-20(22)11-9-15)16-7-6-14-4-2-3-5-17(14)12-16/h6-13H,2-5H2,1H3,(H,19,21). The molecule has 1 heterocycles. The average molecular weight is 296 g/mol. The maximum absolute atomic E-state index is 12.2. The number of carbonyl (C=O) groups excluding carboxylic acids is 1. The molecular formula is C18H20N2O2. The van der Waals surface area contributed by atoms with E-state index in [0.29, 0.717) is 10.3 Å². The van der Waals surface area contributed by atoms with Crippen molar-refractivity contribution in [2.24, 2.45) is 0 Å². The van der Waals surface area contributed by atoms with Crippen molar-refractivity contribution in [3.05, 3.63) is 70.2 Å². The Morgan fingerprint density at radius 3 is 2.55 bits per heavy atom. The number of hydrogen-bond acceptors (Lipinski definition) is 2. The summed E-state index contributed by atoms with van der Waals surface area (Å²) in [6.07, 6.45) is 7.47. The maximum Gasteiger partial charge on any atom is 0.252 e. The van der Waals surface area contributed by atoms with Gasteiger partial charge >= 0.3 is 0 Å². The topological polar surface area (TPSA) is 56.0 Å². The third kappa shape index (κ3) is 3.11. The number of amides is 1. The molecule has 1 amide bonds. The van der Waals surface area contributed by atoms with Gasteiger partial charge in [0.2, 0.25) is 0 Å². The first-order chi connectivity index (χ1) is 10.6. The van der Waals surface area contributed by atoms with E-state index in [9.17, 15) is 10.0 Å². The van der Waals surface area contributed by atoms with Gasteiger partial charge < -0.3 is 10.5 Å². The van der Waals surface area contributed by atoms with Crippen LogP contribution in [0.1, 0.15) is 52.9 Å². The van der Waals surface area contributed by atoms with Crippen LogP contribution in [0.4, 0.5) is 0 Å². The number of aromatic nitrogens is 1. The van der Waals surface area contributed by atoms with Crippen LogP contribution >= 0.6 is 0 Å². The van der Waals surface area contributed by atoms with Crippen molar-refractivity contribution in [3.63, 3.8) is 0 Å². The lowest BCUT2D eigenvalue weighted by molar-refractivity contribution is -0.605. The Bertz CT molecular complexity index is 680. The van der Waals surface area contributed by atoms with Crippen LogP contribution < -0.4 is 10.0 Å². The van der Waals surface area contributed by atoms with Gasteiger partial charge in [0, 0.05) is 12.1 Å². The van der Waals surface area contributed by atoms with Crippen molar-refractivity contribution in [3.8, 4) is 0 Å². The predicted molar refractivity (Wildman–Crippen MR) is 84.4 cm³/mol. The Morgan fingerprint density at radius 1 is 1.14 bits per heavy atom. The summed E-state index contributed by atoms with van der Waals surface area (Å²) in [7, 11) is 0. The quantitative estimate of drug-likeness (QED) is 0.699. The summed E-state index contributed by atoms with van der Waals surface area (Å²) < 4.78 is 0.670. The number of carbonyl (C=O) groups is 1. The molecule has 0 saturated carbocycles. The first-order valence-electron chi connectivity index (χ1n) is 7.75. The number of nitrogens with zero attached hydrogens (tertiary/aromatic N) is 1. The molecule has 22 heavy (non-hydrogen) atoms. The molecule has 1 aliphatic rings. The number of hydrogen-bond donors (Lipinski definition) is 1. The molecule has 1 aromatic heterocycles. The summed E-state index contributed by atoms with van der Waals surface area (Å²) in [5, 5.41) is 14.0. The lowest BCUT2D eigenvalue weighted by Gasteiger charge is -2.20. The molecule has 1 aliphatic carbocycles. The molecule has 1 N–H and O–H groups in total. The zero-order valence-electron chi connectivity index (χ0n) is 12.7. The van der Waals surface area contributed by atoms with E-state index in [0.717, 1.165) is 18.4 Å². The SMILES string of the molecule is CC(NC(=O)c1cc[n+]([O-])cc1)c1ccc2c(c1)CCCC2. The highest BCUT2D eigenvalue weighted by Gasteiger charge is 2.15. The van der Waals surface area contributed by atoms with Gasteiger partial charge in [-0.1, -0.05) is 18.2 Å². The van der Waals surface area contributed by atoms with E-state index in [1.165, 1.54) is 48.5 Å². The first kappa shape index (κ1) is 14.6. The minimum atomic E-state index is -0.161. The van der Waals surface area contributed by atoms with Gasteiger partial charge in [-0.2, -0.15) is 4.73 Å². The van der Waals surface area contributed by atoms with Gasteiger partial charge in [-0.15, -0.1) is 0 Å². The van der Waals surface area contributed by atoms with E-state index in [4.69, 9.17) is 0 Å². The third-order valence-corrected chi connectivity index (χ3v) is 4.28. The third-order valence-electron chi connectivity index (χ3n) is 4.28. The van der Waals surface area contributed by atoms with Gasteiger partial charge in [0.15, 0.2) is 12.4 Å². The zero-order chi connectivity index (χ0) is 15.5. The molecule has 1 aromatic carbocycles. The average Bonchev–Trinajstić information content (AvgIpc) is 2.55. The van der Waals surface area contributed by atoms with Crippen LogP contribution in [0.2, 0.25) is 0 Å². The van der Waals surface area contributed by atoms with Crippen molar-refractivity contribution in [2.75, 3.05) is 0 Å². The van der Waals surface area contributed by atoms with Crippen molar-refractivity contribution in [1.82, 2.24) is 5.32 Å². The zero-order valence-corrected chi connectivity index (χ0v) is 12.7. The van der Waals surface area contributed by atoms with Gasteiger partial charge in [-0.05, 0) is 49.3 Å². The van der Waals surface area contributed by atoms with Gasteiger partial charge in [0.05, 0.1) is 11.6 Å². The van der Waals surface area contributed by atoms with Crippen LogP contribution in [0, 0.1) is 5.21 Å². The van der Waals surface area contributed by atoms with Crippen LogP contribution in [-0.2, 0) is 12.8 Å². The molecule has 2 aromatic rings. The predicted octanol–water partition coefficient (Wildman–Crippen LogP) is 2.69. The number of benzene rings is 1. The second-order valence-electron chi connectivity index (χ2n) is 5.88. The van der Waals surface area contributed by atoms with Crippen molar-refractivity contribution >= 4 is 5.91 Å². The highest BCUT2D eigenvalue weighted by molar-refractivity contribution is 5.94. The fourth-order valence-corrected chi connectivity index (χ4v) is 2.95. The lowest BCUT2D eigenvalue weighted by atomic mass is 9.89. The Kier molecular flexibility index (Phi) is 4.09. The smallest absolute Gasteiger partial charge is 0.252 e. The van der Waals surface area contributed by atoms with E-state index in [1.807, 2.05) is 6.92 Å². The van der Waals surface area contributed by atoms with Crippen molar-refractivity contribution in [1.29, 1.82) is 0 Å². The molecule has 0 spiro atoms. The number of fused-ring (bicyclic) bond motifs is 1. The molecule has 1 atom stereocenters. The van der Waals surface area contributed by atoms with Crippen LogP contribution in [0.25, 0.3) is 0 Å². The number of rotatable bonds is 3. The van der Waals surface area contributed by atoms with E-state index >= 15 is 0 Å². The number of aryl methyl sites for hydroxylation is 2.